The lowest BCUT2D eigenvalue weighted by atomic mass is 10.2. The van der Waals surface area contributed by atoms with Crippen LogP contribution in [0.1, 0.15) is 5.56 Å². The second-order valence-electron chi connectivity index (χ2n) is 4.11. The summed E-state index contributed by atoms with van der Waals surface area (Å²) in [5, 5.41) is 2.80. The van der Waals surface area contributed by atoms with E-state index in [-0.39, 0.29) is 5.91 Å². The molecule has 2 rings (SSSR count). The van der Waals surface area contributed by atoms with E-state index in [1.54, 1.807) is 13.2 Å². The molecule has 1 N–H and O–H groups in total. The minimum atomic E-state index is -0.168. The molecule has 0 atom stereocenters. The van der Waals surface area contributed by atoms with E-state index in [0.29, 0.717) is 0 Å². The molecule has 0 saturated carbocycles. The first kappa shape index (κ1) is 14.3. The fourth-order valence-corrected chi connectivity index (χ4v) is 2.04. The Morgan fingerprint density at radius 1 is 1.20 bits per heavy atom. The summed E-state index contributed by atoms with van der Waals surface area (Å²) in [5.41, 5.74) is 1.69. The minimum Gasteiger partial charge on any atom is -0.497 e. The van der Waals surface area contributed by atoms with Crippen molar-refractivity contribution >= 4 is 33.6 Å². The minimum absolute atomic E-state index is 0.168. The molecule has 0 fully saturated rings. The van der Waals surface area contributed by atoms with Crippen molar-refractivity contribution in [2.75, 3.05) is 12.4 Å². The van der Waals surface area contributed by atoms with Gasteiger partial charge in [0, 0.05) is 16.2 Å². The Hall–Kier alpha value is -2.07. The molecule has 0 aromatic heterocycles. The third-order valence-corrected chi connectivity index (χ3v) is 3.13. The first-order chi connectivity index (χ1) is 9.67. The summed E-state index contributed by atoms with van der Waals surface area (Å²) in [4.78, 5) is 11.8. The highest BCUT2D eigenvalue weighted by molar-refractivity contribution is 9.10. The number of rotatable bonds is 4. The van der Waals surface area contributed by atoms with Crippen LogP contribution in [0.15, 0.2) is 59.1 Å². The van der Waals surface area contributed by atoms with Crippen molar-refractivity contribution in [1.29, 1.82) is 0 Å². The molecule has 1 amide bonds. The molecular formula is C16H14BrNO2. The zero-order chi connectivity index (χ0) is 14.4. The SMILES string of the molecule is COc1ccc(/C=C/C(=O)Nc2cccc(Br)c2)cc1. The number of amides is 1. The summed E-state index contributed by atoms with van der Waals surface area (Å²) >= 11 is 3.36. The van der Waals surface area contributed by atoms with Crippen LogP contribution in [0.5, 0.6) is 5.75 Å². The maximum absolute atomic E-state index is 11.8. The van der Waals surface area contributed by atoms with E-state index >= 15 is 0 Å². The second-order valence-corrected chi connectivity index (χ2v) is 5.02. The van der Waals surface area contributed by atoms with Gasteiger partial charge < -0.3 is 10.1 Å². The third kappa shape index (κ3) is 4.24. The first-order valence-corrected chi connectivity index (χ1v) is 6.85. The average molecular weight is 332 g/mol. The normalized spacial score (nSPS) is 10.5. The Morgan fingerprint density at radius 2 is 1.95 bits per heavy atom. The van der Waals surface area contributed by atoms with Gasteiger partial charge in [-0.05, 0) is 42.0 Å². The van der Waals surface area contributed by atoms with Gasteiger partial charge >= 0.3 is 0 Å². The molecule has 3 nitrogen and oxygen atoms in total. The predicted octanol–water partition coefficient (Wildman–Crippen LogP) is 4.11. The summed E-state index contributed by atoms with van der Waals surface area (Å²) in [5.74, 6) is 0.625. The van der Waals surface area contributed by atoms with Crippen molar-refractivity contribution in [1.82, 2.24) is 0 Å². The van der Waals surface area contributed by atoms with Crippen molar-refractivity contribution in [3.8, 4) is 5.75 Å². The molecule has 0 aliphatic rings. The number of hydrogen-bond donors (Lipinski definition) is 1. The van der Waals surface area contributed by atoms with E-state index in [1.165, 1.54) is 6.08 Å². The topological polar surface area (TPSA) is 38.3 Å². The van der Waals surface area contributed by atoms with Crippen molar-refractivity contribution in [2.45, 2.75) is 0 Å². The summed E-state index contributed by atoms with van der Waals surface area (Å²) in [6.45, 7) is 0. The lowest BCUT2D eigenvalue weighted by molar-refractivity contribution is -0.111. The number of anilines is 1. The Bertz CT molecular complexity index is 621. The number of ether oxygens (including phenoxy) is 1. The molecule has 20 heavy (non-hydrogen) atoms. The largest absolute Gasteiger partial charge is 0.497 e. The Balaban J connectivity index is 1.98. The number of carbonyl (C=O) groups excluding carboxylic acids is 1. The van der Waals surface area contributed by atoms with Crippen LogP contribution in [0.2, 0.25) is 0 Å². The highest BCUT2D eigenvalue weighted by Gasteiger charge is 1.98. The number of hydrogen-bond acceptors (Lipinski definition) is 2. The van der Waals surface area contributed by atoms with E-state index in [2.05, 4.69) is 21.2 Å². The maximum Gasteiger partial charge on any atom is 0.248 e. The van der Waals surface area contributed by atoms with Gasteiger partial charge in [-0.1, -0.05) is 34.1 Å². The zero-order valence-corrected chi connectivity index (χ0v) is 12.6. The highest BCUT2D eigenvalue weighted by Crippen LogP contribution is 2.16. The quantitative estimate of drug-likeness (QED) is 0.856. The molecule has 2 aromatic rings. The first-order valence-electron chi connectivity index (χ1n) is 6.06. The number of nitrogens with one attached hydrogen (secondary N) is 1. The van der Waals surface area contributed by atoms with Gasteiger partial charge in [0.25, 0.3) is 0 Å². The van der Waals surface area contributed by atoms with Gasteiger partial charge in [0.05, 0.1) is 7.11 Å². The third-order valence-electron chi connectivity index (χ3n) is 2.64. The second kappa shape index (κ2) is 6.91. The summed E-state index contributed by atoms with van der Waals surface area (Å²) in [6.07, 6.45) is 3.26. The number of halogens is 1. The smallest absolute Gasteiger partial charge is 0.248 e. The molecule has 0 bridgehead atoms. The van der Waals surface area contributed by atoms with E-state index < -0.39 is 0 Å². The Kier molecular flexibility index (Phi) is 4.96. The Morgan fingerprint density at radius 3 is 2.60 bits per heavy atom. The summed E-state index contributed by atoms with van der Waals surface area (Å²) in [6, 6.07) is 14.9. The van der Waals surface area contributed by atoms with Gasteiger partial charge in [-0.15, -0.1) is 0 Å². The van der Waals surface area contributed by atoms with E-state index in [9.17, 15) is 4.79 Å². The lowest BCUT2D eigenvalue weighted by Crippen LogP contribution is -2.07. The van der Waals surface area contributed by atoms with Gasteiger partial charge in [0.1, 0.15) is 5.75 Å². The summed E-state index contributed by atoms with van der Waals surface area (Å²) < 4.78 is 6.00. The monoisotopic (exact) mass is 331 g/mol. The van der Waals surface area contributed by atoms with E-state index in [0.717, 1.165) is 21.5 Å². The zero-order valence-electron chi connectivity index (χ0n) is 11.0. The van der Waals surface area contributed by atoms with Crippen molar-refractivity contribution in [2.24, 2.45) is 0 Å². The van der Waals surface area contributed by atoms with Crippen molar-refractivity contribution in [3.63, 3.8) is 0 Å². The molecular weight excluding hydrogens is 318 g/mol. The van der Waals surface area contributed by atoms with Gasteiger partial charge in [-0.2, -0.15) is 0 Å². The molecule has 4 heteroatoms. The van der Waals surface area contributed by atoms with Gasteiger partial charge in [-0.25, -0.2) is 0 Å². The molecule has 0 spiro atoms. The highest BCUT2D eigenvalue weighted by atomic mass is 79.9. The Labute approximate surface area is 126 Å². The molecule has 0 heterocycles. The maximum atomic E-state index is 11.8. The lowest BCUT2D eigenvalue weighted by Gasteiger charge is -2.02. The van der Waals surface area contributed by atoms with Crippen LogP contribution >= 0.6 is 15.9 Å². The van der Waals surface area contributed by atoms with E-state index in [1.807, 2.05) is 48.5 Å². The van der Waals surface area contributed by atoms with Crippen LogP contribution in [0.3, 0.4) is 0 Å². The van der Waals surface area contributed by atoms with Crippen LogP contribution in [-0.4, -0.2) is 13.0 Å². The predicted molar refractivity (Wildman–Crippen MR) is 84.8 cm³/mol. The van der Waals surface area contributed by atoms with Crippen LogP contribution < -0.4 is 10.1 Å². The van der Waals surface area contributed by atoms with Crippen LogP contribution in [-0.2, 0) is 4.79 Å². The average Bonchev–Trinajstić information content (AvgIpc) is 2.46. The number of benzene rings is 2. The van der Waals surface area contributed by atoms with Crippen LogP contribution in [0.25, 0.3) is 6.08 Å². The number of carbonyl (C=O) groups is 1. The molecule has 0 aliphatic carbocycles. The standard InChI is InChI=1S/C16H14BrNO2/c1-20-15-8-5-12(6-9-15)7-10-16(19)18-14-4-2-3-13(17)11-14/h2-11H,1H3,(H,18,19)/b10-7+. The molecule has 0 radical (unpaired) electrons. The molecule has 0 unspecified atom stereocenters. The molecule has 0 saturated heterocycles. The molecule has 0 aliphatic heterocycles. The van der Waals surface area contributed by atoms with Gasteiger partial charge in [-0.3, -0.25) is 4.79 Å². The van der Waals surface area contributed by atoms with Crippen molar-refractivity contribution < 1.29 is 9.53 Å². The number of methoxy groups -OCH3 is 1. The van der Waals surface area contributed by atoms with Crippen LogP contribution in [0, 0.1) is 0 Å². The van der Waals surface area contributed by atoms with Crippen molar-refractivity contribution in [3.05, 3.63) is 64.6 Å². The fourth-order valence-electron chi connectivity index (χ4n) is 1.64. The van der Waals surface area contributed by atoms with Gasteiger partial charge in [0.15, 0.2) is 0 Å². The molecule has 2 aromatic carbocycles. The fraction of sp³-hybridized carbons (Fsp3) is 0.0625. The van der Waals surface area contributed by atoms with Crippen LogP contribution in [0.4, 0.5) is 5.69 Å². The van der Waals surface area contributed by atoms with E-state index in [4.69, 9.17) is 4.74 Å². The summed E-state index contributed by atoms with van der Waals surface area (Å²) in [7, 11) is 1.62. The molecule has 102 valence electrons. The van der Waals surface area contributed by atoms with Gasteiger partial charge in [0.2, 0.25) is 5.91 Å².